The first-order valence-electron chi connectivity index (χ1n) is 8.25. The Balaban J connectivity index is 1.51. The van der Waals surface area contributed by atoms with Gasteiger partial charge in [0, 0.05) is 30.4 Å². The normalized spacial score (nSPS) is 28.0. The van der Waals surface area contributed by atoms with Crippen molar-refractivity contribution in [1.82, 2.24) is 19.8 Å². The number of carbonyl (C=O) groups excluding carboxylic acids is 1. The van der Waals surface area contributed by atoms with Gasteiger partial charge in [0.1, 0.15) is 0 Å². The molecule has 1 aromatic heterocycles. The van der Waals surface area contributed by atoms with Crippen molar-refractivity contribution in [2.24, 2.45) is 11.8 Å². The molecule has 1 aromatic rings. The average molecular weight is 338 g/mol. The molecule has 2 N–H and O–H groups in total. The lowest BCUT2D eigenvalue weighted by Gasteiger charge is -2.19. The standard InChI is InChI=1S/C15H22N4O3S/c1-23(21,22)19-7-11(9-5-6-9)13(8-19)16-15(20)14-10-3-2-4-12(10)17-18-14/h9,11,13H,2-8H2,1H3,(H,16,20)(H,17,18)/t11-,13+/m1/s1. The van der Waals surface area contributed by atoms with Crippen LogP contribution in [0.3, 0.4) is 0 Å². The Morgan fingerprint density at radius 3 is 2.78 bits per heavy atom. The first-order valence-corrected chi connectivity index (χ1v) is 10.1. The van der Waals surface area contributed by atoms with E-state index in [9.17, 15) is 13.2 Å². The van der Waals surface area contributed by atoms with Gasteiger partial charge in [-0.05, 0) is 43.9 Å². The van der Waals surface area contributed by atoms with Gasteiger partial charge in [-0.1, -0.05) is 0 Å². The maximum absolute atomic E-state index is 12.6. The van der Waals surface area contributed by atoms with Crippen LogP contribution in [0.4, 0.5) is 0 Å². The molecule has 2 heterocycles. The van der Waals surface area contributed by atoms with Gasteiger partial charge in [-0.15, -0.1) is 0 Å². The molecule has 126 valence electrons. The van der Waals surface area contributed by atoms with Gasteiger partial charge in [-0.2, -0.15) is 9.40 Å². The number of fused-ring (bicyclic) bond motifs is 1. The Bertz CT molecular complexity index is 738. The van der Waals surface area contributed by atoms with Crippen molar-refractivity contribution < 1.29 is 13.2 Å². The molecule has 3 aliphatic rings. The fourth-order valence-electron chi connectivity index (χ4n) is 3.96. The number of hydrogen-bond donors (Lipinski definition) is 2. The van der Waals surface area contributed by atoms with Gasteiger partial charge in [-0.25, -0.2) is 8.42 Å². The molecule has 2 atom stereocenters. The van der Waals surface area contributed by atoms with E-state index in [1.807, 2.05) is 0 Å². The van der Waals surface area contributed by atoms with E-state index in [2.05, 4.69) is 15.5 Å². The fourth-order valence-corrected chi connectivity index (χ4v) is 4.84. The number of aryl methyl sites for hydroxylation is 1. The van der Waals surface area contributed by atoms with Crippen LogP contribution in [-0.4, -0.2) is 54.2 Å². The van der Waals surface area contributed by atoms with Crippen molar-refractivity contribution >= 4 is 15.9 Å². The van der Waals surface area contributed by atoms with Crippen LogP contribution in [0.15, 0.2) is 0 Å². The quantitative estimate of drug-likeness (QED) is 0.825. The fraction of sp³-hybridized carbons (Fsp3) is 0.733. The van der Waals surface area contributed by atoms with Crippen LogP contribution >= 0.6 is 0 Å². The molecule has 23 heavy (non-hydrogen) atoms. The summed E-state index contributed by atoms with van der Waals surface area (Å²) in [7, 11) is -3.21. The van der Waals surface area contributed by atoms with Gasteiger partial charge in [0.15, 0.2) is 5.69 Å². The van der Waals surface area contributed by atoms with Crippen molar-refractivity contribution in [3.8, 4) is 0 Å². The van der Waals surface area contributed by atoms with E-state index >= 15 is 0 Å². The molecule has 2 aliphatic carbocycles. The summed E-state index contributed by atoms with van der Waals surface area (Å²) in [5, 5.41) is 10.2. The summed E-state index contributed by atoms with van der Waals surface area (Å²) in [5.41, 5.74) is 2.59. The number of carbonyl (C=O) groups is 1. The second-order valence-corrected chi connectivity index (χ2v) is 9.03. The summed E-state index contributed by atoms with van der Waals surface area (Å²) < 4.78 is 25.2. The van der Waals surface area contributed by atoms with Crippen molar-refractivity contribution in [3.63, 3.8) is 0 Å². The molecule has 1 saturated carbocycles. The maximum atomic E-state index is 12.6. The van der Waals surface area contributed by atoms with Crippen molar-refractivity contribution in [3.05, 3.63) is 17.0 Å². The van der Waals surface area contributed by atoms with Crippen LogP contribution in [-0.2, 0) is 22.9 Å². The van der Waals surface area contributed by atoms with Crippen LogP contribution in [0.2, 0.25) is 0 Å². The first-order chi connectivity index (χ1) is 10.9. The van der Waals surface area contributed by atoms with E-state index in [4.69, 9.17) is 0 Å². The van der Waals surface area contributed by atoms with Gasteiger partial charge in [0.25, 0.3) is 5.91 Å². The average Bonchev–Trinajstić information content (AvgIpc) is 2.90. The Morgan fingerprint density at radius 2 is 2.09 bits per heavy atom. The van der Waals surface area contributed by atoms with Crippen molar-refractivity contribution in [2.45, 2.75) is 38.1 Å². The Hall–Kier alpha value is -1.41. The summed E-state index contributed by atoms with van der Waals surface area (Å²) in [4.78, 5) is 12.6. The molecule has 8 heteroatoms. The third-order valence-corrected chi connectivity index (χ3v) is 6.60. The monoisotopic (exact) mass is 338 g/mol. The number of H-pyrrole nitrogens is 1. The summed E-state index contributed by atoms with van der Waals surface area (Å²) in [6, 6.07) is -0.113. The Morgan fingerprint density at radius 1 is 1.30 bits per heavy atom. The molecule has 0 radical (unpaired) electrons. The maximum Gasteiger partial charge on any atom is 0.272 e. The predicted molar refractivity (Wildman–Crippen MR) is 84.5 cm³/mol. The van der Waals surface area contributed by atoms with Crippen LogP contribution < -0.4 is 5.32 Å². The van der Waals surface area contributed by atoms with Gasteiger partial charge in [0.05, 0.1) is 6.26 Å². The van der Waals surface area contributed by atoms with E-state index in [1.165, 1.54) is 10.6 Å². The smallest absolute Gasteiger partial charge is 0.272 e. The molecular formula is C15H22N4O3S. The van der Waals surface area contributed by atoms with Crippen molar-refractivity contribution in [1.29, 1.82) is 0 Å². The largest absolute Gasteiger partial charge is 0.346 e. The van der Waals surface area contributed by atoms with Crippen molar-refractivity contribution in [2.75, 3.05) is 19.3 Å². The lowest BCUT2D eigenvalue weighted by molar-refractivity contribution is 0.0922. The number of hydrogen-bond acceptors (Lipinski definition) is 4. The lowest BCUT2D eigenvalue weighted by Crippen LogP contribution is -2.42. The number of amides is 1. The van der Waals surface area contributed by atoms with Gasteiger partial charge >= 0.3 is 0 Å². The first kappa shape index (κ1) is 15.1. The molecule has 0 aromatic carbocycles. The summed E-state index contributed by atoms with van der Waals surface area (Å²) in [5.74, 6) is 0.591. The highest BCUT2D eigenvalue weighted by Gasteiger charge is 2.45. The van der Waals surface area contributed by atoms with E-state index in [0.29, 0.717) is 24.7 Å². The number of sulfonamides is 1. The zero-order valence-corrected chi connectivity index (χ0v) is 14.0. The second kappa shape index (κ2) is 5.31. The van der Waals surface area contributed by atoms with Gasteiger partial charge in [-0.3, -0.25) is 9.89 Å². The van der Waals surface area contributed by atoms with Crippen LogP contribution in [0.25, 0.3) is 0 Å². The van der Waals surface area contributed by atoms with E-state index in [-0.39, 0.29) is 17.9 Å². The molecule has 0 bridgehead atoms. The SMILES string of the molecule is CS(=O)(=O)N1C[C@H](NC(=O)c2n[nH]c3c2CCC3)[C@@H](C2CC2)C1. The highest BCUT2D eigenvalue weighted by molar-refractivity contribution is 7.88. The lowest BCUT2D eigenvalue weighted by atomic mass is 9.98. The summed E-state index contributed by atoms with van der Waals surface area (Å²) in [6.45, 7) is 0.894. The molecule has 0 spiro atoms. The third-order valence-electron chi connectivity index (χ3n) is 5.37. The number of nitrogens with one attached hydrogen (secondary N) is 2. The minimum atomic E-state index is -3.21. The van der Waals surface area contributed by atoms with E-state index < -0.39 is 10.0 Å². The Kier molecular flexibility index (Phi) is 3.49. The highest BCUT2D eigenvalue weighted by atomic mass is 32.2. The molecule has 7 nitrogen and oxygen atoms in total. The molecule has 2 fully saturated rings. The number of nitrogens with zero attached hydrogens (tertiary/aromatic N) is 2. The molecule has 4 rings (SSSR count). The van der Waals surface area contributed by atoms with E-state index in [1.54, 1.807) is 0 Å². The summed E-state index contributed by atoms with van der Waals surface area (Å²) in [6.07, 6.45) is 6.40. The van der Waals surface area contributed by atoms with Gasteiger partial charge < -0.3 is 5.32 Å². The van der Waals surface area contributed by atoms with Crippen LogP contribution in [0.5, 0.6) is 0 Å². The summed E-state index contributed by atoms with van der Waals surface area (Å²) >= 11 is 0. The minimum absolute atomic E-state index is 0.113. The van der Waals surface area contributed by atoms with Gasteiger partial charge in [0.2, 0.25) is 10.0 Å². The molecule has 1 saturated heterocycles. The zero-order valence-electron chi connectivity index (χ0n) is 13.2. The number of rotatable bonds is 4. The molecular weight excluding hydrogens is 316 g/mol. The molecule has 1 amide bonds. The van der Waals surface area contributed by atoms with Crippen LogP contribution in [0, 0.1) is 11.8 Å². The highest BCUT2D eigenvalue weighted by Crippen LogP contribution is 2.42. The zero-order chi connectivity index (χ0) is 16.2. The Labute approximate surface area is 135 Å². The third kappa shape index (κ3) is 2.78. The second-order valence-electron chi connectivity index (χ2n) is 7.04. The number of aromatic nitrogens is 2. The number of aromatic amines is 1. The topological polar surface area (TPSA) is 95.2 Å². The minimum Gasteiger partial charge on any atom is -0.346 e. The predicted octanol–water partition coefficient (Wildman–Crippen LogP) is 0.298. The molecule has 1 aliphatic heterocycles. The molecule has 0 unspecified atom stereocenters. The van der Waals surface area contributed by atoms with Crippen LogP contribution in [0.1, 0.15) is 41.0 Å². The van der Waals surface area contributed by atoms with E-state index in [0.717, 1.165) is 43.4 Å².